The van der Waals surface area contributed by atoms with E-state index in [4.69, 9.17) is 4.74 Å². The van der Waals surface area contributed by atoms with Gasteiger partial charge in [0.2, 0.25) is 11.8 Å². The van der Waals surface area contributed by atoms with Crippen LogP contribution in [0.5, 0.6) is 0 Å². The summed E-state index contributed by atoms with van der Waals surface area (Å²) in [6, 6.07) is 17.3. The molecule has 7 heteroatoms. The first-order valence-electron chi connectivity index (χ1n) is 13.1. The van der Waals surface area contributed by atoms with E-state index in [0.29, 0.717) is 32.2 Å². The molecule has 2 amide bonds. The maximum atomic E-state index is 13.2. The number of nitrogens with zero attached hydrogens (tertiary/aromatic N) is 1. The van der Waals surface area contributed by atoms with E-state index in [-0.39, 0.29) is 55.9 Å². The van der Waals surface area contributed by atoms with Crippen molar-refractivity contribution in [2.75, 3.05) is 19.8 Å². The fourth-order valence-corrected chi connectivity index (χ4v) is 4.81. The SMILES string of the molecule is C=CCC(CC(=O)N1Cc2ccccc2CC1CO)C(=O)NCCOC(=O)C(CC=C)Cc1ccccc1. The Kier molecular flexibility index (Phi) is 11.3. The summed E-state index contributed by atoms with van der Waals surface area (Å²) in [6.45, 7) is 7.93. The van der Waals surface area contributed by atoms with Crippen LogP contribution in [0.25, 0.3) is 0 Å². The molecule has 0 bridgehead atoms. The molecule has 0 aliphatic carbocycles. The number of aliphatic hydroxyl groups excluding tert-OH is 1. The first kappa shape index (κ1) is 28.9. The molecule has 0 saturated carbocycles. The first-order valence-corrected chi connectivity index (χ1v) is 13.1. The Morgan fingerprint density at radius 1 is 1.00 bits per heavy atom. The van der Waals surface area contributed by atoms with Crippen molar-refractivity contribution in [3.05, 3.63) is 96.6 Å². The van der Waals surface area contributed by atoms with Crippen LogP contribution in [-0.2, 0) is 38.5 Å². The van der Waals surface area contributed by atoms with Gasteiger partial charge in [0.05, 0.1) is 31.0 Å². The number of hydrogen-bond donors (Lipinski definition) is 2. The molecule has 0 spiro atoms. The van der Waals surface area contributed by atoms with Gasteiger partial charge in [0.25, 0.3) is 0 Å². The van der Waals surface area contributed by atoms with E-state index in [1.165, 1.54) is 0 Å². The number of rotatable bonds is 14. The van der Waals surface area contributed by atoms with Gasteiger partial charge in [-0.1, -0.05) is 66.7 Å². The summed E-state index contributed by atoms with van der Waals surface area (Å²) >= 11 is 0. The van der Waals surface area contributed by atoms with Crippen LogP contribution in [0, 0.1) is 11.8 Å². The Balaban J connectivity index is 1.50. The van der Waals surface area contributed by atoms with Gasteiger partial charge in [-0.3, -0.25) is 14.4 Å². The minimum atomic E-state index is -0.598. The number of hydrogen-bond acceptors (Lipinski definition) is 5. The molecule has 202 valence electrons. The number of fused-ring (bicyclic) bond motifs is 1. The normalized spacial score (nSPS) is 16.0. The van der Waals surface area contributed by atoms with E-state index in [1.54, 1.807) is 17.1 Å². The number of carbonyl (C=O) groups excluding carboxylic acids is 3. The molecule has 3 rings (SSSR count). The summed E-state index contributed by atoms with van der Waals surface area (Å²) in [4.78, 5) is 40.4. The zero-order chi connectivity index (χ0) is 27.3. The maximum Gasteiger partial charge on any atom is 0.309 e. The number of nitrogens with one attached hydrogen (secondary N) is 1. The van der Waals surface area contributed by atoms with Gasteiger partial charge in [-0.2, -0.15) is 0 Å². The average Bonchev–Trinajstić information content (AvgIpc) is 2.94. The zero-order valence-electron chi connectivity index (χ0n) is 21.9. The standard InChI is InChI=1S/C31H38N2O5/c1-3-10-25(20-29(35)33-21-27-15-9-8-14-24(27)19-28(33)22-34)30(36)32-16-17-38-31(37)26(11-4-2)18-23-12-6-5-7-13-23/h3-9,12-15,25-26,28,34H,1-2,10-11,16-22H2,(H,32,36). The molecular weight excluding hydrogens is 480 g/mol. The third-order valence-corrected chi connectivity index (χ3v) is 6.88. The molecule has 38 heavy (non-hydrogen) atoms. The Hall–Kier alpha value is -3.71. The Morgan fingerprint density at radius 3 is 2.34 bits per heavy atom. The summed E-state index contributed by atoms with van der Waals surface area (Å²) in [5.74, 6) is -1.75. The highest BCUT2D eigenvalue weighted by atomic mass is 16.5. The number of allylic oxidation sites excluding steroid dienone is 2. The first-order chi connectivity index (χ1) is 18.5. The van der Waals surface area contributed by atoms with Crippen molar-refractivity contribution < 1.29 is 24.2 Å². The summed E-state index contributed by atoms with van der Waals surface area (Å²) < 4.78 is 5.43. The Morgan fingerprint density at radius 2 is 1.66 bits per heavy atom. The van der Waals surface area contributed by atoms with Gasteiger partial charge in [-0.15, -0.1) is 13.2 Å². The maximum absolute atomic E-state index is 13.2. The van der Waals surface area contributed by atoms with Gasteiger partial charge in [0, 0.05) is 13.0 Å². The van der Waals surface area contributed by atoms with Crippen LogP contribution >= 0.6 is 0 Å². The molecule has 0 saturated heterocycles. The van der Waals surface area contributed by atoms with Crippen LogP contribution in [0.15, 0.2) is 79.9 Å². The number of aliphatic hydroxyl groups is 1. The van der Waals surface area contributed by atoms with Gasteiger partial charge in [0.1, 0.15) is 6.61 Å². The smallest absolute Gasteiger partial charge is 0.309 e. The van der Waals surface area contributed by atoms with Crippen LogP contribution in [0.3, 0.4) is 0 Å². The number of amides is 2. The Labute approximate surface area is 225 Å². The molecule has 3 unspecified atom stereocenters. The lowest BCUT2D eigenvalue weighted by atomic mass is 9.92. The lowest BCUT2D eigenvalue weighted by Crippen LogP contribution is -2.47. The van der Waals surface area contributed by atoms with E-state index in [1.807, 2.05) is 54.6 Å². The van der Waals surface area contributed by atoms with Crippen LogP contribution in [0.4, 0.5) is 0 Å². The van der Waals surface area contributed by atoms with E-state index >= 15 is 0 Å². The monoisotopic (exact) mass is 518 g/mol. The number of benzene rings is 2. The van der Waals surface area contributed by atoms with Gasteiger partial charge in [0.15, 0.2) is 0 Å². The molecule has 1 heterocycles. The fourth-order valence-electron chi connectivity index (χ4n) is 4.81. The van der Waals surface area contributed by atoms with Crippen LogP contribution in [0.1, 0.15) is 36.0 Å². The van der Waals surface area contributed by atoms with Gasteiger partial charge >= 0.3 is 5.97 Å². The molecule has 3 atom stereocenters. The third-order valence-electron chi connectivity index (χ3n) is 6.88. The largest absolute Gasteiger partial charge is 0.464 e. The molecule has 2 aromatic carbocycles. The summed E-state index contributed by atoms with van der Waals surface area (Å²) in [6.07, 6.45) is 5.31. The minimum Gasteiger partial charge on any atom is -0.464 e. The van der Waals surface area contributed by atoms with Gasteiger partial charge in [-0.25, -0.2) is 0 Å². The second-order valence-corrected chi connectivity index (χ2v) is 9.63. The molecule has 0 fully saturated rings. The molecule has 0 radical (unpaired) electrons. The summed E-state index contributed by atoms with van der Waals surface area (Å²) in [7, 11) is 0. The molecule has 0 aromatic heterocycles. The topological polar surface area (TPSA) is 95.9 Å². The highest BCUT2D eigenvalue weighted by molar-refractivity contribution is 5.86. The molecule has 1 aliphatic rings. The van der Waals surface area contributed by atoms with Gasteiger partial charge in [-0.05, 0) is 42.4 Å². The third kappa shape index (κ3) is 8.15. The molecule has 2 N–H and O–H groups in total. The van der Waals surface area contributed by atoms with Crippen molar-refractivity contribution in [1.82, 2.24) is 10.2 Å². The number of esters is 1. The summed E-state index contributed by atoms with van der Waals surface area (Å²) in [5.41, 5.74) is 3.23. The van der Waals surface area contributed by atoms with E-state index in [0.717, 1.165) is 16.7 Å². The van der Waals surface area contributed by atoms with E-state index in [2.05, 4.69) is 18.5 Å². The lowest BCUT2D eigenvalue weighted by molar-refractivity contribution is -0.148. The van der Waals surface area contributed by atoms with Crippen molar-refractivity contribution >= 4 is 17.8 Å². The lowest BCUT2D eigenvalue weighted by Gasteiger charge is -2.36. The van der Waals surface area contributed by atoms with Gasteiger partial charge < -0.3 is 20.1 Å². The molecule has 1 aliphatic heterocycles. The van der Waals surface area contributed by atoms with Crippen LogP contribution in [0.2, 0.25) is 0 Å². The second-order valence-electron chi connectivity index (χ2n) is 9.63. The van der Waals surface area contributed by atoms with Crippen molar-refractivity contribution in [2.45, 2.75) is 44.7 Å². The highest BCUT2D eigenvalue weighted by Crippen LogP contribution is 2.25. The number of carbonyl (C=O) groups is 3. The number of ether oxygens (including phenoxy) is 1. The quantitative estimate of drug-likeness (QED) is 0.226. The predicted octanol–water partition coefficient (Wildman–Crippen LogP) is 3.61. The van der Waals surface area contributed by atoms with Crippen molar-refractivity contribution in [3.8, 4) is 0 Å². The highest BCUT2D eigenvalue weighted by Gasteiger charge is 2.31. The van der Waals surface area contributed by atoms with Crippen molar-refractivity contribution in [1.29, 1.82) is 0 Å². The predicted molar refractivity (Wildman–Crippen MR) is 147 cm³/mol. The summed E-state index contributed by atoms with van der Waals surface area (Å²) in [5, 5.41) is 12.7. The van der Waals surface area contributed by atoms with Crippen molar-refractivity contribution in [3.63, 3.8) is 0 Å². The van der Waals surface area contributed by atoms with E-state index in [9.17, 15) is 19.5 Å². The Bertz CT molecular complexity index is 1100. The van der Waals surface area contributed by atoms with E-state index < -0.39 is 5.92 Å². The zero-order valence-corrected chi connectivity index (χ0v) is 21.9. The second kappa shape index (κ2) is 14.9. The minimum absolute atomic E-state index is 0.00872. The molecular formula is C31H38N2O5. The average molecular weight is 519 g/mol. The molecule has 2 aromatic rings. The van der Waals surface area contributed by atoms with Crippen molar-refractivity contribution in [2.24, 2.45) is 11.8 Å². The fraction of sp³-hybridized carbons (Fsp3) is 0.387. The van der Waals surface area contributed by atoms with Crippen LogP contribution < -0.4 is 5.32 Å². The molecule has 7 nitrogen and oxygen atoms in total. The van der Waals surface area contributed by atoms with Crippen LogP contribution in [-0.4, -0.2) is 53.6 Å².